The van der Waals surface area contributed by atoms with Gasteiger partial charge in [0.05, 0.1) is 20.8 Å². The molecule has 140 valence electrons. The monoisotopic (exact) mass is 357 g/mol. The van der Waals surface area contributed by atoms with Gasteiger partial charge < -0.3 is 24.3 Å². The zero-order chi connectivity index (χ0) is 18.4. The molecule has 1 aliphatic heterocycles. The first-order valence-corrected chi connectivity index (χ1v) is 9.00. The Kier molecular flexibility index (Phi) is 6.36. The maximum atomic E-state index is 5.93. The summed E-state index contributed by atoms with van der Waals surface area (Å²) in [5, 5.41) is 3.59. The molecule has 0 unspecified atom stereocenters. The van der Waals surface area contributed by atoms with Gasteiger partial charge in [0.2, 0.25) is 0 Å². The smallest absolute Gasteiger partial charge is 0.164 e. The summed E-state index contributed by atoms with van der Waals surface area (Å²) in [7, 11) is 3.36. The maximum Gasteiger partial charge on any atom is 0.164 e. The molecule has 5 heteroatoms. The second-order valence-electron chi connectivity index (χ2n) is 6.32. The lowest BCUT2D eigenvalue weighted by atomic mass is 10.0. The summed E-state index contributed by atoms with van der Waals surface area (Å²) in [5.74, 6) is 2.54. The fourth-order valence-corrected chi connectivity index (χ4v) is 3.21. The van der Waals surface area contributed by atoms with Gasteiger partial charge >= 0.3 is 0 Å². The van der Waals surface area contributed by atoms with Crippen LogP contribution in [0, 0.1) is 0 Å². The van der Waals surface area contributed by atoms with E-state index in [2.05, 4.69) is 23.5 Å². The predicted molar refractivity (Wildman–Crippen MR) is 101 cm³/mol. The Morgan fingerprint density at radius 1 is 1.12 bits per heavy atom. The van der Waals surface area contributed by atoms with E-state index in [0.29, 0.717) is 19.8 Å². The average molecular weight is 357 g/mol. The van der Waals surface area contributed by atoms with Crippen molar-refractivity contribution in [1.29, 1.82) is 0 Å². The lowest BCUT2D eigenvalue weighted by molar-refractivity contribution is 0.132. The molecule has 1 aliphatic rings. The summed E-state index contributed by atoms with van der Waals surface area (Å²) < 4.78 is 22.3. The molecule has 0 saturated carbocycles. The minimum atomic E-state index is 0.270. The Balaban J connectivity index is 1.62. The minimum absolute atomic E-state index is 0.270. The summed E-state index contributed by atoms with van der Waals surface area (Å²) in [6, 6.07) is 12.5. The van der Waals surface area contributed by atoms with E-state index in [9.17, 15) is 0 Å². The third kappa shape index (κ3) is 4.29. The largest absolute Gasteiger partial charge is 0.496 e. The van der Waals surface area contributed by atoms with Crippen molar-refractivity contribution in [1.82, 2.24) is 5.32 Å². The summed E-state index contributed by atoms with van der Waals surface area (Å²) in [5.41, 5.74) is 3.46. The number of ether oxygens (including phenoxy) is 4. The van der Waals surface area contributed by atoms with Gasteiger partial charge in [-0.2, -0.15) is 0 Å². The Labute approximate surface area is 155 Å². The maximum absolute atomic E-state index is 5.93. The summed E-state index contributed by atoms with van der Waals surface area (Å²) in [4.78, 5) is 0. The first-order valence-electron chi connectivity index (χ1n) is 9.00. The lowest BCUT2D eigenvalue weighted by Crippen LogP contribution is -2.38. The topological polar surface area (TPSA) is 49.0 Å². The van der Waals surface area contributed by atoms with Gasteiger partial charge in [-0.3, -0.25) is 0 Å². The van der Waals surface area contributed by atoms with Gasteiger partial charge in [-0.15, -0.1) is 0 Å². The highest BCUT2D eigenvalue weighted by Crippen LogP contribution is 2.34. The highest BCUT2D eigenvalue weighted by molar-refractivity contribution is 5.48. The van der Waals surface area contributed by atoms with E-state index in [1.807, 2.05) is 25.1 Å². The molecule has 1 heterocycles. The number of rotatable bonds is 8. The highest BCUT2D eigenvalue weighted by atomic mass is 16.5. The van der Waals surface area contributed by atoms with Crippen LogP contribution in [-0.4, -0.2) is 33.5 Å². The van der Waals surface area contributed by atoms with Crippen molar-refractivity contribution < 1.29 is 18.9 Å². The molecule has 0 amide bonds. The van der Waals surface area contributed by atoms with E-state index in [1.54, 1.807) is 14.2 Å². The van der Waals surface area contributed by atoms with Crippen LogP contribution in [-0.2, 0) is 24.3 Å². The quantitative estimate of drug-likeness (QED) is 0.785. The Bertz CT molecular complexity index is 732. The van der Waals surface area contributed by atoms with Crippen LogP contribution in [0.5, 0.6) is 17.2 Å². The molecule has 3 rings (SSSR count). The second kappa shape index (κ2) is 8.92. The standard InChI is InChI=1S/C21H27NO4/c1-4-25-13-17-10-15(8-9-19(17)23-2)12-22-18-11-16-6-5-7-20(24-3)21(16)26-14-18/h5-10,18,22H,4,11-14H2,1-3H3/t18-/m0/s1. The Hall–Kier alpha value is -2.24. The van der Waals surface area contributed by atoms with E-state index >= 15 is 0 Å². The van der Waals surface area contributed by atoms with Gasteiger partial charge in [0.1, 0.15) is 12.4 Å². The van der Waals surface area contributed by atoms with Crippen LogP contribution in [0.4, 0.5) is 0 Å². The van der Waals surface area contributed by atoms with Crippen LogP contribution >= 0.6 is 0 Å². The van der Waals surface area contributed by atoms with Crippen LogP contribution in [0.2, 0.25) is 0 Å². The van der Waals surface area contributed by atoms with E-state index < -0.39 is 0 Å². The van der Waals surface area contributed by atoms with Gasteiger partial charge in [0.15, 0.2) is 11.5 Å². The molecule has 0 bridgehead atoms. The van der Waals surface area contributed by atoms with E-state index in [0.717, 1.165) is 35.8 Å². The number of para-hydroxylation sites is 1. The number of fused-ring (bicyclic) bond motifs is 1. The van der Waals surface area contributed by atoms with Gasteiger partial charge in [0.25, 0.3) is 0 Å². The number of nitrogens with one attached hydrogen (secondary N) is 1. The zero-order valence-electron chi connectivity index (χ0n) is 15.7. The summed E-state index contributed by atoms with van der Waals surface area (Å²) in [6.07, 6.45) is 0.925. The lowest BCUT2D eigenvalue weighted by Gasteiger charge is -2.27. The first kappa shape index (κ1) is 18.5. The molecule has 0 radical (unpaired) electrons. The molecule has 1 atom stereocenters. The molecule has 0 aromatic heterocycles. The minimum Gasteiger partial charge on any atom is -0.496 e. The fraction of sp³-hybridized carbons (Fsp3) is 0.429. The van der Waals surface area contributed by atoms with Crippen LogP contribution in [0.3, 0.4) is 0 Å². The zero-order valence-corrected chi connectivity index (χ0v) is 15.7. The van der Waals surface area contributed by atoms with Crippen molar-refractivity contribution >= 4 is 0 Å². The molecule has 5 nitrogen and oxygen atoms in total. The molecule has 2 aromatic rings. The fourth-order valence-electron chi connectivity index (χ4n) is 3.21. The molecule has 1 N–H and O–H groups in total. The molecule has 0 aliphatic carbocycles. The molecule has 0 fully saturated rings. The number of hydrogen-bond donors (Lipinski definition) is 1. The van der Waals surface area contributed by atoms with Crippen LogP contribution in [0.25, 0.3) is 0 Å². The molecule has 26 heavy (non-hydrogen) atoms. The van der Waals surface area contributed by atoms with Gasteiger partial charge in [0, 0.05) is 24.8 Å². The normalized spacial score (nSPS) is 15.9. The number of hydrogen-bond acceptors (Lipinski definition) is 5. The third-order valence-electron chi connectivity index (χ3n) is 4.58. The van der Waals surface area contributed by atoms with Crippen molar-refractivity contribution in [3.8, 4) is 17.2 Å². The molecular weight excluding hydrogens is 330 g/mol. The van der Waals surface area contributed by atoms with Gasteiger partial charge in [-0.25, -0.2) is 0 Å². The molecular formula is C21H27NO4. The van der Waals surface area contributed by atoms with Crippen LogP contribution in [0.15, 0.2) is 36.4 Å². The summed E-state index contributed by atoms with van der Waals surface area (Å²) in [6.45, 7) is 4.65. The Morgan fingerprint density at radius 3 is 2.73 bits per heavy atom. The van der Waals surface area contributed by atoms with Gasteiger partial charge in [-0.05, 0) is 42.7 Å². The third-order valence-corrected chi connectivity index (χ3v) is 4.58. The summed E-state index contributed by atoms with van der Waals surface area (Å²) >= 11 is 0. The Morgan fingerprint density at radius 2 is 1.96 bits per heavy atom. The predicted octanol–water partition coefficient (Wildman–Crippen LogP) is 3.33. The van der Waals surface area contributed by atoms with Crippen molar-refractivity contribution in [2.45, 2.75) is 32.5 Å². The van der Waals surface area contributed by atoms with Crippen LogP contribution in [0.1, 0.15) is 23.6 Å². The molecule has 0 spiro atoms. The second-order valence-corrected chi connectivity index (χ2v) is 6.32. The van der Waals surface area contributed by atoms with E-state index in [-0.39, 0.29) is 6.04 Å². The first-order chi connectivity index (χ1) is 12.7. The highest BCUT2D eigenvalue weighted by Gasteiger charge is 2.22. The van der Waals surface area contributed by atoms with Gasteiger partial charge in [-0.1, -0.05) is 18.2 Å². The van der Waals surface area contributed by atoms with Crippen molar-refractivity contribution in [3.05, 3.63) is 53.1 Å². The molecule has 0 saturated heterocycles. The van der Waals surface area contributed by atoms with E-state index in [1.165, 1.54) is 11.1 Å². The van der Waals surface area contributed by atoms with Crippen molar-refractivity contribution in [2.24, 2.45) is 0 Å². The van der Waals surface area contributed by atoms with Crippen molar-refractivity contribution in [3.63, 3.8) is 0 Å². The number of benzene rings is 2. The van der Waals surface area contributed by atoms with Crippen molar-refractivity contribution in [2.75, 3.05) is 27.4 Å². The molecule has 2 aromatic carbocycles. The average Bonchev–Trinajstić information content (AvgIpc) is 2.69. The van der Waals surface area contributed by atoms with E-state index in [4.69, 9.17) is 18.9 Å². The SMILES string of the molecule is CCOCc1cc(CN[C@@H]2COc3c(cccc3OC)C2)ccc1OC. The van der Waals surface area contributed by atoms with Crippen LogP contribution < -0.4 is 19.5 Å². The number of methoxy groups -OCH3 is 2.